The molecule has 8 nitrogen and oxygen atoms in total. The maximum absolute atomic E-state index is 12.1. The van der Waals surface area contributed by atoms with E-state index in [4.69, 9.17) is 16.3 Å². The lowest BCUT2D eigenvalue weighted by Gasteiger charge is -1.99. The summed E-state index contributed by atoms with van der Waals surface area (Å²) < 4.78 is 5.10. The summed E-state index contributed by atoms with van der Waals surface area (Å²) in [5.74, 6) is 0.446. The summed E-state index contributed by atoms with van der Waals surface area (Å²) in [6, 6.07) is 11.6. The van der Waals surface area contributed by atoms with E-state index in [9.17, 15) is 14.9 Å². The lowest BCUT2D eigenvalue weighted by atomic mass is 10.2. The summed E-state index contributed by atoms with van der Waals surface area (Å²) >= 11 is 6.91. The van der Waals surface area contributed by atoms with Crippen LogP contribution in [0.2, 0.25) is 5.02 Å². The average Bonchev–Trinajstić information content (AvgIpc) is 3.02. The van der Waals surface area contributed by atoms with Crippen LogP contribution >= 0.6 is 23.4 Å². The van der Waals surface area contributed by atoms with Gasteiger partial charge in [0.05, 0.1) is 23.2 Å². The van der Waals surface area contributed by atoms with E-state index in [2.05, 4.69) is 15.5 Å². The van der Waals surface area contributed by atoms with E-state index in [1.165, 1.54) is 18.3 Å². The number of benzene rings is 2. The molecule has 1 fully saturated rings. The van der Waals surface area contributed by atoms with Crippen LogP contribution in [0.25, 0.3) is 6.08 Å². The third kappa shape index (κ3) is 4.76. The zero-order chi connectivity index (χ0) is 20.1. The van der Waals surface area contributed by atoms with Gasteiger partial charge in [-0.05, 0) is 41.6 Å². The molecular formula is C18H13ClN4O4S. The molecule has 2 aromatic rings. The predicted octanol–water partition coefficient (Wildman–Crippen LogP) is 3.85. The lowest BCUT2D eigenvalue weighted by Crippen LogP contribution is -2.19. The van der Waals surface area contributed by atoms with Gasteiger partial charge in [-0.3, -0.25) is 20.2 Å². The number of halogens is 1. The van der Waals surface area contributed by atoms with Crippen LogP contribution in [0.1, 0.15) is 11.1 Å². The number of thioether (sulfide) groups is 1. The van der Waals surface area contributed by atoms with Gasteiger partial charge in [-0.1, -0.05) is 29.8 Å². The molecule has 3 rings (SSSR count). The first-order valence-electron chi connectivity index (χ1n) is 7.86. The van der Waals surface area contributed by atoms with E-state index in [0.717, 1.165) is 23.1 Å². The molecule has 0 unspecified atom stereocenters. The highest BCUT2D eigenvalue weighted by Gasteiger charge is 2.23. The van der Waals surface area contributed by atoms with Gasteiger partial charge in [0, 0.05) is 11.6 Å². The number of hydrogen-bond donors (Lipinski definition) is 1. The van der Waals surface area contributed by atoms with Crippen LogP contribution in [0.4, 0.5) is 5.69 Å². The lowest BCUT2D eigenvalue weighted by molar-refractivity contribution is -0.384. The Hall–Kier alpha value is -3.17. The van der Waals surface area contributed by atoms with Gasteiger partial charge in [-0.25, -0.2) is 0 Å². The maximum atomic E-state index is 12.1. The number of amides is 1. The van der Waals surface area contributed by atoms with Crippen molar-refractivity contribution in [1.29, 1.82) is 0 Å². The zero-order valence-corrected chi connectivity index (χ0v) is 16.0. The number of methoxy groups -OCH3 is 1. The molecule has 1 N–H and O–H groups in total. The van der Waals surface area contributed by atoms with Crippen LogP contribution in [0.15, 0.2) is 57.6 Å². The monoisotopic (exact) mass is 416 g/mol. The van der Waals surface area contributed by atoms with Crippen LogP contribution < -0.4 is 10.1 Å². The number of nitro groups is 1. The first kappa shape index (κ1) is 19.6. The highest BCUT2D eigenvalue weighted by molar-refractivity contribution is 8.18. The number of hydrogen-bond acceptors (Lipinski definition) is 7. The predicted molar refractivity (Wildman–Crippen MR) is 110 cm³/mol. The van der Waals surface area contributed by atoms with E-state index in [1.807, 2.05) is 12.1 Å². The molecule has 0 spiro atoms. The molecule has 0 aromatic heterocycles. The van der Waals surface area contributed by atoms with E-state index in [-0.39, 0.29) is 16.6 Å². The smallest absolute Gasteiger partial charge is 0.288 e. The number of carbonyl (C=O) groups is 1. The summed E-state index contributed by atoms with van der Waals surface area (Å²) in [7, 11) is 1.58. The third-order valence-electron chi connectivity index (χ3n) is 3.59. The molecule has 1 aliphatic heterocycles. The second-order valence-electron chi connectivity index (χ2n) is 5.46. The van der Waals surface area contributed by atoms with Crippen molar-refractivity contribution in [3.8, 4) is 5.75 Å². The van der Waals surface area contributed by atoms with Crippen molar-refractivity contribution < 1.29 is 14.5 Å². The number of nitro benzene ring substituents is 1. The van der Waals surface area contributed by atoms with E-state index in [0.29, 0.717) is 15.6 Å². The fourth-order valence-electron chi connectivity index (χ4n) is 2.22. The highest BCUT2D eigenvalue weighted by Crippen LogP contribution is 2.27. The standard InChI is InChI=1S/C18H13ClN4O4S/c1-27-13-5-2-11(3-6-13)9-16-17(24)21-18(28-16)22-20-10-12-4-7-14(19)15(8-12)23(25)26/h2-10H,1H3,(H,21,22,24)/b16-9+,20-10-. The van der Waals surface area contributed by atoms with Gasteiger partial charge in [0.25, 0.3) is 11.6 Å². The highest BCUT2D eigenvalue weighted by atomic mass is 35.5. The molecule has 1 amide bonds. The minimum absolute atomic E-state index is 0.0420. The normalized spacial score (nSPS) is 16.7. The van der Waals surface area contributed by atoms with E-state index < -0.39 is 4.92 Å². The van der Waals surface area contributed by atoms with Gasteiger partial charge in [0.1, 0.15) is 10.8 Å². The molecular weight excluding hydrogens is 404 g/mol. The van der Waals surface area contributed by atoms with Crippen LogP contribution in [-0.4, -0.2) is 29.3 Å². The molecule has 1 heterocycles. The van der Waals surface area contributed by atoms with Gasteiger partial charge in [-0.2, -0.15) is 5.10 Å². The maximum Gasteiger partial charge on any atom is 0.288 e. The first-order valence-corrected chi connectivity index (χ1v) is 9.05. The van der Waals surface area contributed by atoms with E-state index >= 15 is 0 Å². The van der Waals surface area contributed by atoms with Gasteiger partial charge in [-0.15, -0.1) is 5.10 Å². The molecule has 0 aliphatic carbocycles. The Labute approximate surface area is 169 Å². The summed E-state index contributed by atoms with van der Waals surface area (Å²) in [5.41, 5.74) is 1.09. The Morgan fingerprint density at radius 2 is 1.93 bits per heavy atom. The van der Waals surface area contributed by atoms with Crippen LogP contribution in [0.3, 0.4) is 0 Å². The molecule has 28 heavy (non-hydrogen) atoms. The van der Waals surface area contributed by atoms with Gasteiger partial charge >= 0.3 is 0 Å². The quantitative estimate of drug-likeness (QED) is 0.345. The second kappa shape index (κ2) is 8.68. The van der Waals surface area contributed by atoms with E-state index in [1.54, 1.807) is 31.4 Å². The number of amidine groups is 1. The minimum atomic E-state index is -0.575. The fraction of sp³-hybridized carbons (Fsp3) is 0.0556. The Kier molecular flexibility index (Phi) is 6.07. The van der Waals surface area contributed by atoms with Crippen molar-refractivity contribution in [3.63, 3.8) is 0 Å². The minimum Gasteiger partial charge on any atom is -0.497 e. The van der Waals surface area contributed by atoms with Crippen molar-refractivity contribution >= 4 is 52.4 Å². The molecule has 0 radical (unpaired) electrons. The molecule has 2 aromatic carbocycles. The van der Waals surface area contributed by atoms with Crippen molar-refractivity contribution in [2.24, 2.45) is 10.2 Å². The van der Waals surface area contributed by atoms with Crippen molar-refractivity contribution in [1.82, 2.24) is 5.32 Å². The van der Waals surface area contributed by atoms with Gasteiger partial charge < -0.3 is 4.74 Å². The molecule has 0 atom stereocenters. The topological polar surface area (TPSA) is 106 Å². The Balaban J connectivity index is 1.71. The number of nitrogens with one attached hydrogen (secondary N) is 1. The summed E-state index contributed by atoms with van der Waals surface area (Å²) in [6.07, 6.45) is 3.07. The summed E-state index contributed by atoms with van der Waals surface area (Å²) in [4.78, 5) is 22.9. The van der Waals surface area contributed by atoms with Crippen LogP contribution in [0, 0.1) is 10.1 Å². The number of carbonyl (C=O) groups excluding carboxylic acids is 1. The average molecular weight is 417 g/mol. The van der Waals surface area contributed by atoms with Crippen molar-refractivity contribution in [2.45, 2.75) is 0 Å². The molecule has 10 heteroatoms. The molecule has 142 valence electrons. The third-order valence-corrected chi connectivity index (χ3v) is 4.81. The van der Waals surface area contributed by atoms with Crippen molar-refractivity contribution in [3.05, 3.63) is 73.6 Å². The fourth-order valence-corrected chi connectivity index (χ4v) is 3.19. The SMILES string of the molecule is COc1ccc(/C=C2/S/C(=N\N=C/c3ccc(Cl)c([N+](=O)[O-])c3)NC2=O)cc1. The largest absolute Gasteiger partial charge is 0.497 e. The number of rotatable bonds is 5. The molecule has 0 bridgehead atoms. The number of ether oxygens (including phenoxy) is 1. The van der Waals surface area contributed by atoms with Gasteiger partial charge in [0.15, 0.2) is 5.17 Å². The van der Waals surface area contributed by atoms with Crippen LogP contribution in [-0.2, 0) is 4.79 Å². The van der Waals surface area contributed by atoms with Crippen molar-refractivity contribution in [2.75, 3.05) is 7.11 Å². The Morgan fingerprint density at radius 1 is 1.21 bits per heavy atom. The second-order valence-corrected chi connectivity index (χ2v) is 6.89. The zero-order valence-electron chi connectivity index (χ0n) is 14.5. The first-order chi connectivity index (χ1) is 13.5. The molecule has 1 saturated heterocycles. The summed E-state index contributed by atoms with van der Waals surface area (Å²) in [5, 5.41) is 21.7. The molecule has 1 aliphatic rings. The van der Waals surface area contributed by atoms with Gasteiger partial charge in [0.2, 0.25) is 0 Å². The Bertz CT molecular complexity index is 1020. The number of nitrogens with zero attached hydrogens (tertiary/aromatic N) is 3. The molecule has 0 saturated carbocycles. The van der Waals surface area contributed by atoms with Crippen LogP contribution in [0.5, 0.6) is 5.75 Å². The Morgan fingerprint density at radius 3 is 2.61 bits per heavy atom. The summed E-state index contributed by atoms with van der Waals surface area (Å²) in [6.45, 7) is 0.